The van der Waals surface area contributed by atoms with Gasteiger partial charge in [0.1, 0.15) is 5.75 Å². The zero-order valence-corrected chi connectivity index (χ0v) is 8.20. The van der Waals surface area contributed by atoms with E-state index in [2.05, 4.69) is 0 Å². The van der Waals surface area contributed by atoms with Gasteiger partial charge in [0.05, 0.1) is 5.52 Å². The van der Waals surface area contributed by atoms with Gasteiger partial charge in [-0.1, -0.05) is 18.2 Å². The highest BCUT2D eigenvalue weighted by Gasteiger charge is 2.02. The Hall–Kier alpha value is -1.42. The van der Waals surface area contributed by atoms with Crippen LogP contribution in [0.5, 0.6) is 0 Å². The zero-order valence-electron chi connectivity index (χ0n) is 7.38. The molecule has 0 aliphatic carbocycles. The quantitative estimate of drug-likeness (QED) is 0.839. The summed E-state index contributed by atoms with van der Waals surface area (Å²) in [6, 6.07) is 9.87. The van der Waals surface area contributed by atoms with Gasteiger partial charge in [0.15, 0.2) is 0 Å². The molecule has 1 heterocycles. The van der Waals surface area contributed by atoms with E-state index in [1.165, 1.54) is 11.9 Å². The second-order valence-electron chi connectivity index (χ2n) is 2.87. The molecule has 1 aromatic heterocycles. The van der Waals surface area contributed by atoms with E-state index in [4.69, 9.17) is 5.11 Å². The molecule has 0 bridgehead atoms. The molecule has 0 saturated heterocycles. The van der Waals surface area contributed by atoms with Crippen LogP contribution in [0, 0.1) is 0 Å². The lowest BCUT2D eigenvalue weighted by Gasteiger charge is -2.00. The molecule has 4 heteroatoms. The third-order valence-electron chi connectivity index (χ3n) is 1.89. The summed E-state index contributed by atoms with van der Waals surface area (Å²) in [6.45, 7) is 0. The normalized spacial score (nSPS) is 10.6. The first-order valence-electron chi connectivity index (χ1n) is 4.18. The SMILES string of the molecule is O=C(O)CSn1ccc2ccccc21. The van der Waals surface area contributed by atoms with Crippen LogP contribution in [0.15, 0.2) is 36.5 Å². The van der Waals surface area contributed by atoms with Crippen LogP contribution in [-0.2, 0) is 4.79 Å². The van der Waals surface area contributed by atoms with Gasteiger partial charge >= 0.3 is 5.97 Å². The minimum atomic E-state index is -0.798. The Labute approximate surface area is 85.5 Å². The third kappa shape index (κ3) is 1.75. The van der Waals surface area contributed by atoms with Crippen molar-refractivity contribution in [2.24, 2.45) is 0 Å². The lowest BCUT2D eigenvalue weighted by molar-refractivity contribution is -0.133. The second kappa shape index (κ2) is 3.75. The average Bonchev–Trinajstić information content (AvgIpc) is 2.58. The Morgan fingerprint density at radius 2 is 2.14 bits per heavy atom. The number of carboxylic acid groups (broad SMARTS) is 1. The van der Waals surface area contributed by atoms with Crippen LogP contribution in [0.3, 0.4) is 0 Å². The van der Waals surface area contributed by atoms with Gasteiger partial charge in [0.25, 0.3) is 0 Å². The summed E-state index contributed by atoms with van der Waals surface area (Å²) in [6.07, 6.45) is 1.89. The van der Waals surface area contributed by atoms with E-state index in [1.807, 2.05) is 40.5 Å². The number of aliphatic carboxylic acids is 1. The van der Waals surface area contributed by atoms with Crippen LogP contribution in [-0.4, -0.2) is 20.8 Å². The smallest absolute Gasteiger partial charge is 0.315 e. The number of fused-ring (bicyclic) bond motifs is 1. The fourth-order valence-electron chi connectivity index (χ4n) is 1.29. The molecule has 0 radical (unpaired) electrons. The van der Waals surface area contributed by atoms with Crippen molar-refractivity contribution in [3.63, 3.8) is 0 Å². The van der Waals surface area contributed by atoms with E-state index in [0.717, 1.165) is 10.9 Å². The maximum Gasteiger partial charge on any atom is 0.315 e. The third-order valence-corrected chi connectivity index (χ3v) is 2.86. The summed E-state index contributed by atoms with van der Waals surface area (Å²) >= 11 is 1.28. The first-order chi connectivity index (χ1) is 6.77. The maximum absolute atomic E-state index is 10.4. The van der Waals surface area contributed by atoms with Gasteiger partial charge in [-0.2, -0.15) is 0 Å². The molecule has 0 unspecified atom stereocenters. The number of hydrogen-bond acceptors (Lipinski definition) is 2. The Morgan fingerprint density at radius 3 is 2.93 bits per heavy atom. The minimum Gasteiger partial charge on any atom is -0.481 e. The summed E-state index contributed by atoms with van der Waals surface area (Å²) in [5.41, 5.74) is 1.05. The van der Waals surface area contributed by atoms with E-state index in [-0.39, 0.29) is 5.75 Å². The Bertz CT molecular complexity index is 464. The number of aromatic nitrogens is 1. The molecule has 0 aliphatic heterocycles. The molecule has 0 atom stereocenters. The van der Waals surface area contributed by atoms with Crippen LogP contribution in [0.2, 0.25) is 0 Å². The Kier molecular flexibility index (Phi) is 2.45. The minimum absolute atomic E-state index is 0.0820. The highest BCUT2D eigenvalue weighted by Crippen LogP contribution is 2.19. The van der Waals surface area contributed by atoms with Gasteiger partial charge in [-0.05, 0) is 24.1 Å². The van der Waals surface area contributed by atoms with Crippen LogP contribution in [0.4, 0.5) is 0 Å². The number of para-hydroxylation sites is 1. The van der Waals surface area contributed by atoms with Crippen molar-refractivity contribution in [2.45, 2.75) is 0 Å². The van der Waals surface area contributed by atoms with Gasteiger partial charge in [0, 0.05) is 11.6 Å². The fraction of sp³-hybridized carbons (Fsp3) is 0.100. The number of hydrogen-bond donors (Lipinski definition) is 1. The van der Waals surface area contributed by atoms with Crippen LogP contribution >= 0.6 is 11.9 Å². The molecule has 1 aromatic carbocycles. The van der Waals surface area contributed by atoms with E-state index in [9.17, 15) is 4.79 Å². The van der Waals surface area contributed by atoms with Crippen molar-refractivity contribution in [3.8, 4) is 0 Å². The Morgan fingerprint density at radius 1 is 1.36 bits per heavy atom. The lowest BCUT2D eigenvalue weighted by atomic mass is 10.3. The van der Waals surface area contributed by atoms with Gasteiger partial charge < -0.3 is 5.11 Å². The van der Waals surface area contributed by atoms with Crippen LogP contribution in [0.25, 0.3) is 10.9 Å². The summed E-state index contributed by atoms with van der Waals surface area (Å²) < 4.78 is 1.88. The molecule has 0 saturated carbocycles. The number of benzene rings is 1. The molecule has 0 spiro atoms. The average molecular weight is 207 g/mol. The topological polar surface area (TPSA) is 42.2 Å². The van der Waals surface area contributed by atoms with E-state index in [0.29, 0.717) is 0 Å². The molecule has 2 rings (SSSR count). The molecule has 0 aliphatic rings. The van der Waals surface area contributed by atoms with Gasteiger partial charge in [0.2, 0.25) is 0 Å². The number of carboxylic acids is 1. The Balaban J connectivity index is 2.29. The number of nitrogens with zero attached hydrogens (tertiary/aromatic N) is 1. The van der Waals surface area contributed by atoms with Crippen molar-refractivity contribution in [3.05, 3.63) is 36.5 Å². The molecular weight excluding hydrogens is 198 g/mol. The number of carbonyl (C=O) groups is 1. The molecule has 3 nitrogen and oxygen atoms in total. The fourth-order valence-corrected chi connectivity index (χ4v) is 2.00. The van der Waals surface area contributed by atoms with Gasteiger partial charge in [-0.15, -0.1) is 0 Å². The highest BCUT2D eigenvalue weighted by atomic mass is 32.2. The van der Waals surface area contributed by atoms with Crippen molar-refractivity contribution >= 4 is 28.8 Å². The summed E-state index contributed by atoms with van der Waals surface area (Å²) in [7, 11) is 0. The van der Waals surface area contributed by atoms with Crippen molar-refractivity contribution in [2.75, 3.05) is 5.75 Å². The predicted octanol–water partition coefficient (Wildman–Crippen LogP) is 2.22. The summed E-state index contributed by atoms with van der Waals surface area (Å²) in [4.78, 5) is 10.4. The highest BCUT2D eigenvalue weighted by molar-refractivity contribution is 7.98. The molecule has 0 amide bonds. The van der Waals surface area contributed by atoms with E-state index < -0.39 is 5.97 Å². The summed E-state index contributed by atoms with van der Waals surface area (Å²) in [5.74, 6) is -0.716. The molecule has 0 fully saturated rings. The zero-order chi connectivity index (χ0) is 9.97. The van der Waals surface area contributed by atoms with Crippen molar-refractivity contribution in [1.29, 1.82) is 0 Å². The van der Waals surface area contributed by atoms with Crippen molar-refractivity contribution in [1.82, 2.24) is 3.97 Å². The van der Waals surface area contributed by atoms with Gasteiger partial charge in [-0.3, -0.25) is 8.77 Å². The van der Waals surface area contributed by atoms with Crippen LogP contribution < -0.4 is 0 Å². The molecule has 1 N–H and O–H groups in total. The van der Waals surface area contributed by atoms with Crippen LogP contribution in [0.1, 0.15) is 0 Å². The van der Waals surface area contributed by atoms with E-state index in [1.54, 1.807) is 0 Å². The lowest BCUT2D eigenvalue weighted by Crippen LogP contribution is -2.00. The molecular formula is C10H9NO2S. The predicted molar refractivity (Wildman–Crippen MR) is 57.4 cm³/mol. The second-order valence-corrected chi connectivity index (χ2v) is 3.81. The standard InChI is InChI=1S/C10H9NO2S/c12-10(13)7-14-11-6-5-8-3-1-2-4-9(8)11/h1-6H,7H2,(H,12,13). The number of rotatable bonds is 3. The summed E-state index contributed by atoms with van der Waals surface area (Å²) in [5, 5.41) is 9.68. The van der Waals surface area contributed by atoms with E-state index >= 15 is 0 Å². The molecule has 72 valence electrons. The molecule has 2 aromatic rings. The largest absolute Gasteiger partial charge is 0.481 e. The maximum atomic E-state index is 10.4. The first-order valence-corrected chi connectivity index (χ1v) is 5.13. The molecule has 14 heavy (non-hydrogen) atoms. The van der Waals surface area contributed by atoms with Gasteiger partial charge in [-0.25, -0.2) is 0 Å². The van der Waals surface area contributed by atoms with Crippen molar-refractivity contribution < 1.29 is 9.90 Å². The monoisotopic (exact) mass is 207 g/mol. The first kappa shape index (κ1) is 9.15.